The van der Waals surface area contributed by atoms with Gasteiger partial charge in [0.25, 0.3) is 0 Å². The second-order valence-electron chi connectivity index (χ2n) is 6.25. The highest BCUT2D eigenvalue weighted by Crippen LogP contribution is 2.14. The van der Waals surface area contributed by atoms with Crippen molar-refractivity contribution in [2.75, 3.05) is 18.4 Å². The Morgan fingerprint density at radius 1 is 1.07 bits per heavy atom. The molecule has 2 heterocycles. The van der Waals surface area contributed by atoms with Gasteiger partial charge in [-0.2, -0.15) is 0 Å². The fourth-order valence-corrected chi connectivity index (χ4v) is 3.83. The molecule has 0 aliphatic rings. The summed E-state index contributed by atoms with van der Waals surface area (Å²) in [6.45, 7) is 4.52. The molecule has 1 aromatic carbocycles. The maximum atomic E-state index is 12.2. The molecule has 0 unspecified atom stereocenters. The van der Waals surface area contributed by atoms with Crippen LogP contribution in [0.2, 0.25) is 5.02 Å². The van der Waals surface area contributed by atoms with Crippen LogP contribution in [-0.2, 0) is 15.8 Å². The van der Waals surface area contributed by atoms with Crippen molar-refractivity contribution >= 4 is 27.4 Å². The zero-order valence-corrected chi connectivity index (χ0v) is 17.1. The van der Waals surface area contributed by atoms with E-state index in [0.29, 0.717) is 28.8 Å². The normalized spacial score (nSPS) is 11.5. The van der Waals surface area contributed by atoms with Crippen LogP contribution in [0.4, 0.5) is 5.82 Å². The van der Waals surface area contributed by atoms with Crippen molar-refractivity contribution in [2.45, 2.75) is 19.6 Å². The molecule has 0 aliphatic heterocycles. The number of aryl methyl sites for hydroxylation is 1. The lowest BCUT2D eigenvalue weighted by molar-refractivity contribution is 0.582. The quantitative estimate of drug-likeness (QED) is 0.543. The summed E-state index contributed by atoms with van der Waals surface area (Å²) in [6.07, 6.45) is 3.17. The van der Waals surface area contributed by atoms with E-state index in [1.165, 1.54) is 6.33 Å². The van der Waals surface area contributed by atoms with Crippen LogP contribution in [0.1, 0.15) is 17.0 Å². The highest BCUT2D eigenvalue weighted by Gasteiger charge is 2.11. The highest BCUT2D eigenvalue weighted by molar-refractivity contribution is 7.88. The van der Waals surface area contributed by atoms with E-state index in [1.807, 2.05) is 18.4 Å². The Balaban J connectivity index is 1.53. The van der Waals surface area contributed by atoms with E-state index in [-0.39, 0.29) is 12.3 Å². The van der Waals surface area contributed by atoms with E-state index >= 15 is 0 Å². The van der Waals surface area contributed by atoms with Crippen molar-refractivity contribution in [2.24, 2.45) is 0 Å². The molecular formula is C18H21ClN6O2S. The molecule has 3 rings (SSSR count). The second kappa shape index (κ2) is 8.68. The molecule has 2 aromatic heterocycles. The van der Waals surface area contributed by atoms with Gasteiger partial charge in [-0.05, 0) is 31.5 Å². The molecule has 2 N–H and O–H groups in total. The Bertz CT molecular complexity index is 1050. The summed E-state index contributed by atoms with van der Waals surface area (Å²) in [5, 5.41) is 3.67. The van der Waals surface area contributed by atoms with Gasteiger partial charge < -0.3 is 5.32 Å². The molecule has 0 fully saturated rings. The first kappa shape index (κ1) is 20.2. The molecule has 10 heteroatoms. The van der Waals surface area contributed by atoms with Crippen molar-refractivity contribution < 1.29 is 8.42 Å². The Labute approximate surface area is 169 Å². The van der Waals surface area contributed by atoms with Gasteiger partial charge in [0.15, 0.2) is 0 Å². The maximum absolute atomic E-state index is 12.2. The Morgan fingerprint density at radius 2 is 1.82 bits per heavy atom. The average Bonchev–Trinajstić information content (AvgIpc) is 3.00. The molecule has 3 aromatic rings. The first-order chi connectivity index (χ1) is 13.3. The number of nitrogens with zero attached hydrogens (tertiary/aromatic N) is 4. The Hall–Kier alpha value is -2.49. The molecule has 0 atom stereocenters. The fourth-order valence-electron chi connectivity index (χ4n) is 2.55. The molecule has 0 spiro atoms. The number of imidazole rings is 1. The third-order valence-electron chi connectivity index (χ3n) is 4.17. The summed E-state index contributed by atoms with van der Waals surface area (Å²) >= 11 is 5.81. The van der Waals surface area contributed by atoms with E-state index in [2.05, 4.69) is 25.0 Å². The number of anilines is 1. The number of nitrogens with one attached hydrogen (secondary N) is 2. The zero-order chi connectivity index (χ0) is 20.1. The molecule has 0 saturated carbocycles. The lowest BCUT2D eigenvalue weighted by atomic mass is 10.2. The van der Waals surface area contributed by atoms with Gasteiger partial charge >= 0.3 is 0 Å². The fraction of sp³-hybridized carbons (Fsp3) is 0.278. The van der Waals surface area contributed by atoms with E-state index in [1.54, 1.807) is 36.7 Å². The monoisotopic (exact) mass is 420 g/mol. The number of halogens is 1. The second-order valence-corrected chi connectivity index (χ2v) is 8.50. The van der Waals surface area contributed by atoms with E-state index in [0.717, 1.165) is 11.4 Å². The van der Waals surface area contributed by atoms with Crippen molar-refractivity contribution in [1.29, 1.82) is 0 Å². The molecule has 0 radical (unpaired) electrons. The first-order valence-corrected chi connectivity index (χ1v) is 10.7. The Kier molecular flexibility index (Phi) is 6.28. The SMILES string of the molecule is Cc1ncn(-c2cc(NCCNS(=O)(=O)Cc3ccc(Cl)cc3)ncn2)c1C. The summed E-state index contributed by atoms with van der Waals surface area (Å²) in [4.78, 5) is 12.7. The lowest BCUT2D eigenvalue weighted by Crippen LogP contribution is -2.30. The standard InChI is InChI=1S/C18H21ClN6O2S/c1-13-14(2)25(12-23-13)18-9-17(21-11-22-18)20-7-8-24-28(26,27)10-15-3-5-16(19)6-4-15/h3-6,9,11-12,24H,7-8,10H2,1-2H3,(H,20,21,22). The molecule has 28 heavy (non-hydrogen) atoms. The van der Waals surface area contributed by atoms with Crippen LogP contribution in [0.15, 0.2) is 43.0 Å². The third kappa shape index (κ3) is 5.28. The predicted molar refractivity (Wildman–Crippen MR) is 109 cm³/mol. The van der Waals surface area contributed by atoms with Crippen LogP contribution in [0.5, 0.6) is 0 Å². The van der Waals surface area contributed by atoms with Gasteiger partial charge in [0.05, 0.1) is 11.4 Å². The van der Waals surface area contributed by atoms with E-state index in [4.69, 9.17) is 11.6 Å². The minimum atomic E-state index is -3.43. The van der Waals surface area contributed by atoms with Crippen LogP contribution < -0.4 is 10.0 Å². The maximum Gasteiger partial charge on any atom is 0.215 e. The summed E-state index contributed by atoms with van der Waals surface area (Å²) in [7, 11) is -3.43. The number of aromatic nitrogens is 4. The molecule has 0 bridgehead atoms. The summed E-state index contributed by atoms with van der Waals surface area (Å²) in [5.74, 6) is 1.20. The Morgan fingerprint density at radius 3 is 2.50 bits per heavy atom. The molecule has 148 valence electrons. The number of sulfonamides is 1. The van der Waals surface area contributed by atoms with Gasteiger partial charge in [-0.3, -0.25) is 4.57 Å². The molecule has 8 nitrogen and oxygen atoms in total. The molecular weight excluding hydrogens is 400 g/mol. The van der Waals surface area contributed by atoms with Gasteiger partial charge in [-0.15, -0.1) is 0 Å². The number of benzene rings is 1. The minimum absolute atomic E-state index is 0.0961. The van der Waals surface area contributed by atoms with Gasteiger partial charge in [0.2, 0.25) is 10.0 Å². The van der Waals surface area contributed by atoms with E-state index in [9.17, 15) is 8.42 Å². The molecule has 0 aliphatic carbocycles. The van der Waals surface area contributed by atoms with Crippen LogP contribution in [0, 0.1) is 13.8 Å². The van der Waals surface area contributed by atoms with Crippen molar-refractivity contribution in [3.8, 4) is 5.82 Å². The van der Waals surface area contributed by atoms with Crippen LogP contribution in [0.25, 0.3) is 5.82 Å². The highest BCUT2D eigenvalue weighted by atomic mass is 35.5. The average molecular weight is 421 g/mol. The lowest BCUT2D eigenvalue weighted by Gasteiger charge is -2.10. The molecule has 0 amide bonds. The van der Waals surface area contributed by atoms with Crippen LogP contribution in [-0.4, -0.2) is 41.0 Å². The summed E-state index contributed by atoms with van der Waals surface area (Å²) in [5.41, 5.74) is 2.61. The smallest absolute Gasteiger partial charge is 0.215 e. The van der Waals surface area contributed by atoms with Crippen LogP contribution >= 0.6 is 11.6 Å². The van der Waals surface area contributed by atoms with Crippen molar-refractivity contribution in [3.05, 3.63) is 65.0 Å². The third-order valence-corrected chi connectivity index (χ3v) is 5.78. The molecule has 0 saturated heterocycles. The predicted octanol–water partition coefficient (Wildman–Crippen LogP) is 2.46. The largest absolute Gasteiger partial charge is 0.369 e. The zero-order valence-electron chi connectivity index (χ0n) is 15.6. The van der Waals surface area contributed by atoms with Crippen molar-refractivity contribution in [3.63, 3.8) is 0 Å². The number of hydrogen-bond donors (Lipinski definition) is 2. The first-order valence-electron chi connectivity index (χ1n) is 8.63. The topological polar surface area (TPSA) is 102 Å². The number of hydrogen-bond acceptors (Lipinski definition) is 6. The summed E-state index contributed by atoms with van der Waals surface area (Å²) in [6, 6.07) is 8.52. The summed E-state index contributed by atoms with van der Waals surface area (Å²) < 4.78 is 28.8. The van der Waals surface area contributed by atoms with Crippen LogP contribution in [0.3, 0.4) is 0 Å². The van der Waals surface area contributed by atoms with Gasteiger partial charge in [-0.25, -0.2) is 28.1 Å². The number of rotatable bonds is 8. The van der Waals surface area contributed by atoms with Gasteiger partial charge in [0, 0.05) is 29.9 Å². The van der Waals surface area contributed by atoms with Crippen molar-refractivity contribution in [1.82, 2.24) is 24.2 Å². The van der Waals surface area contributed by atoms with E-state index < -0.39 is 10.0 Å². The minimum Gasteiger partial charge on any atom is -0.369 e. The van der Waals surface area contributed by atoms with Gasteiger partial charge in [0.1, 0.15) is 24.3 Å². The van der Waals surface area contributed by atoms with Gasteiger partial charge in [-0.1, -0.05) is 23.7 Å².